The predicted molar refractivity (Wildman–Crippen MR) is 73.4 cm³/mol. The molecule has 2 rings (SSSR count). The van der Waals surface area contributed by atoms with Gasteiger partial charge in [0.1, 0.15) is 5.82 Å². The van der Waals surface area contributed by atoms with E-state index in [-0.39, 0.29) is 18.3 Å². The van der Waals surface area contributed by atoms with Crippen molar-refractivity contribution in [3.8, 4) is 0 Å². The van der Waals surface area contributed by atoms with Crippen LogP contribution in [0.25, 0.3) is 0 Å². The monoisotopic (exact) mass is 278 g/mol. The molecule has 4 nitrogen and oxygen atoms in total. The Morgan fingerprint density at radius 3 is 2.30 bits per heavy atom. The predicted octanol–water partition coefficient (Wildman–Crippen LogP) is 1.58. The number of primary amides is 1. The maximum absolute atomic E-state index is 13.1. The average molecular weight is 278 g/mol. The fraction of sp³-hybridized carbons (Fsp3) is 0.467. The van der Waals surface area contributed by atoms with Gasteiger partial charge in [-0.15, -0.1) is 0 Å². The first-order chi connectivity index (χ1) is 9.45. The number of hydrogen-bond acceptors (Lipinski definition) is 2. The second kappa shape index (κ2) is 5.61. The Morgan fingerprint density at radius 1 is 1.25 bits per heavy atom. The molecule has 1 aliphatic rings. The summed E-state index contributed by atoms with van der Waals surface area (Å²) in [4.78, 5) is 25.1. The number of carbonyl (C=O) groups excluding carboxylic acids is 2. The molecule has 0 saturated heterocycles. The zero-order valence-electron chi connectivity index (χ0n) is 11.6. The first-order valence-electron chi connectivity index (χ1n) is 6.75. The molecule has 1 fully saturated rings. The van der Waals surface area contributed by atoms with E-state index in [0.29, 0.717) is 0 Å². The van der Waals surface area contributed by atoms with Crippen LogP contribution in [0, 0.1) is 5.82 Å². The normalized spacial score (nSPS) is 16.9. The highest BCUT2D eigenvalue weighted by atomic mass is 19.1. The summed E-state index contributed by atoms with van der Waals surface area (Å²) in [5.41, 5.74) is 5.33. The van der Waals surface area contributed by atoms with E-state index in [1.807, 2.05) is 0 Å². The summed E-state index contributed by atoms with van der Waals surface area (Å²) in [5, 5.41) is 0. The third-order valence-corrected chi connectivity index (χ3v) is 4.00. The van der Waals surface area contributed by atoms with E-state index in [1.54, 1.807) is 19.2 Å². The van der Waals surface area contributed by atoms with Gasteiger partial charge in [0.05, 0.1) is 12.0 Å². The smallest absolute Gasteiger partial charge is 0.237 e. The van der Waals surface area contributed by atoms with Crippen molar-refractivity contribution in [2.24, 2.45) is 5.73 Å². The molecule has 0 aromatic heterocycles. The maximum Gasteiger partial charge on any atom is 0.237 e. The molecule has 0 heterocycles. The van der Waals surface area contributed by atoms with Crippen molar-refractivity contribution in [3.05, 3.63) is 35.6 Å². The Kier molecular flexibility index (Phi) is 4.06. The van der Waals surface area contributed by atoms with Gasteiger partial charge in [0.2, 0.25) is 11.8 Å². The number of nitrogens with zero attached hydrogens (tertiary/aromatic N) is 1. The van der Waals surface area contributed by atoms with Gasteiger partial charge in [-0.05, 0) is 30.5 Å². The van der Waals surface area contributed by atoms with Gasteiger partial charge in [0, 0.05) is 7.05 Å². The minimum Gasteiger partial charge on any atom is -0.368 e. The number of nitrogens with two attached hydrogens (primary N) is 1. The molecule has 1 aliphatic carbocycles. The van der Waals surface area contributed by atoms with E-state index in [0.717, 1.165) is 31.2 Å². The molecule has 0 unspecified atom stereocenters. The van der Waals surface area contributed by atoms with Crippen LogP contribution in [0.5, 0.6) is 0 Å². The van der Waals surface area contributed by atoms with E-state index in [9.17, 15) is 14.0 Å². The molecule has 108 valence electrons. The van der Waals surface area contributed by atoms with E-state index < -0.39 is 11.3 Å². The van der Waals surface area contributed by atoms with Crippen molar-refractivity contribution in [1.29, 1.82) is 0 Å². The first kappa shape index (κ1) is 14.5. The maximum atomic E-state index is 13.1. The number of halogens is 1. The largest absolute Gasteiger partial charge is 0.368 e. The molecule has 1 aromatic carbocycles. The Hall–Kier alpha value is -1.91. The molecular formula is C15H19FN2O2. The highest BCUT2D eigenvalue weighted by Crippen LogP contribution is 2.42. The van der Waals surface area contributed by atoms with E-state index in [1.165, 1.54) is 17.0 Å². The molecule has 1 saturated carbocycles. The highest BCUT2D eigenvalue weighted by molar-refractivity contribution is 5.91. The lowest BCUT2D eigenvalue weighted by Gasteiger charge is -2.32. The van der Waals surface area contributed by atoms with Crippen LogP contribution in [0.3, 0.4) is 0 Å². The van der Waals surface area contributed by atoms with Gasteiger partial charge in [-0.3, -0.25) is 9.59 Å². The van der Waals surface area contributed by atoms with E-state index in [4.69, 9.17) is 5.73 Å². The third kappa shape index (κ3) is 2.66. The van der Waals surface area contributed by atoms with Crippen molar-refractivity contribution in [2.75, 3.05) is 13.6 Å². The van der Waals surface area contributed by atoms with Gasteiger partial charge < -0.3 is 10.6 Å². The minimum absolute atomic E-state index is 0.0955. The fourth-order valence-corrected chi connectivity index (χ4v) is 3.04. The summed E-state index contributed by atoms with van der Waals surface area (Å²) in [6.07, 6.45) is 3.35. The molecule has 0 bridgehead atoms. The van der Waals surface area contributed by atoms with Gasteiger partial charge in [-0.25, -0.2) is 4.39 Å². The van der Waals surface area contributed by atoms with Gasteiger partial charge in [0.15, 0.2) is 0 Å². The molecule has 0 aliphatic heterocycles. The first-order valence-corrected chi connectivity index (χ1v) is 6.75. The van der Waals surface area contributed by atoms with Crippen LogP contribution in [0.1, 0.15) is 31.2 Å². The van der Waals surface area contributed by atoms with Crippen LogP contribution in [0.2, 0.25) is 0 Å². The molecule has 0 spiro atoms. The van der Waals surface area contributed by atoms with E-state index in [2.05, 4.69) is 0 Å². The van der Waals surface area contributed by atoms with Crippen LogP contribution in [0.4, 0.5) is 4.39 Å². The van der Waals surface area contributed by atoms with Gasteiger partial charge in [-0.1, -0.05) is 25.0 Å². The Morgan fingerprint density at radius 2 is 1.80 bits per heavy atom. The molecule has 0 atom stereocenters. The lowest BCUT2D eigenvalue weighted by Crippen LogP contribution is -2.46. The Labute approximate surface area is 117 Å². The van der Waals surface area contributed by atoms with Crippen molar-refractivity contribution in [1.82, 2.24) is 4.90 Å². The quantitative estimate of drug-likeness (QED) is 0.909. The number of likely N-dealkylation sites (N-methyl/N-ethyl adjacent to an activating group) is 1. The highest BCUT2D eigenvalue weighted by Gasteiger charge is 2.44. The summed E-state index contributed by atoms with van der Waals surface area (Å²) < 4.78 is 13.1. The molecule has 1 aromatic rings. The lowest BCUT2D eigenvalue weighted by atomic mass is 9.77. The van der Waals surface area contributed by atoms with Crippen LogP contribution in [-0.4, -0.2) is 30.3 Å². The molecule has 5 heteroatoms. The Balaban J connectivity index is 2.32. The zero-order chi connectivity index (χ0) is 14.8. The number of hydrogen-bond donors (Lipinski definition) is 1. The van der Waals surface area contributed by atoms with Gasteiger partial charge in [-0.2, -0.15) is 0 Å². The van der Waals surface area contributed by atoms with Gasteiger partial charge in [0.25, 0.3) is 0 Å². The average Bonchev–Trinajstić information content (AvgIpc) is 2.88. The standard InChI is InChI=1S/C15H19FN2O2/c1-18(10-13(17)19)14(20)15(8-2-3-9-15)11-4-6-12(16)7-5-11/h4-7H,2-3,8-10H2,1H3,(H2,17,19). The molecule has 2 amide bonds. The van der Waals surface area contributed by atoms with Crippen LogP contribution in [-0.2, 0) is 15.0 Å². The summed E-state index contributed by atoms with van der Waals surface area (Å²) in [6, 6.07) is 6.07. The topological polar surface area (TPSA) is 63.4 Å². The second-order valence-electron chi connectivity index (χ2n) is 5.42. The number of rotatable bonds is 4. The lowest BCUT2D eigenvalue weighted by molar-refractivity contribution is -0.138. The Bertz CT molecular complexity index is 507. The summed E-state index contributed by atoms with van der Waals surface area (Å²) in [7, 11) is 1.58. The van der Waals surface area contributed by atoms with Gasteiger partial charge >= 0.3 is 0 Å². The molecule has 2 N–H and O–H groups in total. The number of carbonyl (C=O) groups is 2. The zero-order valence-corrected chi connectivity index (χ0v) is 11.6. The second-order valence-corrected chi connectivity index (χ2v) is 5.42. The van der Waals surface area contributed by atoms with Crippen LogP contribution >= 0.6 is 0 Å². The van der Waals surface area contributed by atoms with Crippen molar-refractivity contribution >= 4 is 11.8 Å². The van der Waals surface area contributed by atoms with Crippen LogP contribution in [0.15, 0.2) is 24.3 Å². The SMILES string of the molecule is CN(CC(N)=O)C(=O)C1(c2ccc(F)cc2)CCCC1. The number of amides is 2. The summed E-state index contributed by atoms with van der Waals surface area (Å²) >= 11 is 0. The van der Waals surface area contributed by atoms with Crippen molar-refractivity contribution < 1.29 is 14.0 Å². The third-order valence-electron chi connectivity index (χ3n) is 4.00. The minimum atomic E-state index is -0.641. The van der Waals surface area contributed by atoms with E-state index >= 15 is 0 Å². The van der Waals surface area contributed by atoms with Crippen molar-refractivity contribution in [3.63, 3.8) is 0 Å². The molecule has 20 heavy (non-hydrogen) atoms. The summed E-state index contributed by atoms with van der Waals surface area (Å²) in [6.45, 7) is -0.0955. The molecular weight excluding hydrogens is 259 g/mol. The van der Waals surface area contributed by atoms with Crippen LogP contribution < -0.4 is 5.73 Å². The fourth-order valence-electron chi connectivity index (χ4n) is 3.04. The van der Waals surface area contributed by atoms with Crippen molar-refractivity contribution in [2.45, 2.75) is 31.1 Å². The molecule has 0 radical (unpaired) electrons. The summed E-state index contributed by atoms with van der Waals surface area (Å²) in [5.74, 6) is -0.964. The number of benzene rings is 1.